The minimum absolute atomic E-state index is 0.734. The van der Waals surface area contributed by atoms with Crippen molar-refractivity contribution in [3.8, 4) is 11.4 Å². The van der Waals surface area contributed by atoms with E-state index < -0.39 is 0 Å². The molecular formula is C25H21N5S. The first-order chi connectivity index (χ1) is 15.3. The highest BCUT2D eigenvalue weighted by Crippen LogP contribution is 2.36. The van der Waals surface area contributed by atoms with Crippen molar-refractivity contribution in [2.45, 2.75) is 13.3 Å². The summed E-state index contributed by atoms with van der Waals surface area (Å²) < 4.78 is 0. The molecule has 0 spiro atoms. The van der Waals surface area contributed by atoms with E-state index in [0.717, 1.165) is 47.6 Å². The van der Waals surface area contributed by atoms with E-state index in [2.05, 4.69) is 74.6 Å². The molecule has 0 aromatic carbocycles. The smallest absolute Gasteiger partial charge is 0.181 e. The molecule has 1 aliphatic carbocycles. The van der Waals surface area contributed by atoms with Crippen LogP contribution in [0.2, 0.25) is 0 Å². The van der Waals surface area contributed by atoms with Crippen molar-refractivity contribution in [3.63, 3.8) is 0 Å². The third kappa shape index (κ3) is 3.22. The molecule has 2 aliphatic rings. The zero-order valence-electron chi connectivity index (χ0n) is 17.1. The summed E-state index contributed by atoms with van der Waals surface area (Å²) >= 11 is 1.81. The summed E-state index contributed by atoms with van der Waals surface area (Å²) in [6, 6.07) is 8.77. The zero-order valence-corrected chi connectivity index (χ0v) is 17.9. The molecule has 6 rings (SSSR count). The number of hydrogen-bond donors (Lipinski definition) is 3. The molecule has 4 aromatic rings. The molecule has 6 heteroatoms. The molecule has 31 heavy (non-hydrogen) atoms. The number of rotatable bonds is 3. The standard InChI is InChI=1S/C25H21N5S/c1-15-6-7-23(31-15)18-4-2-3-5-21-19(18)13-22(28-21)24-20-12-17(14-27-25(20)30-29-24)16-8-10-26-11-9-16/h2,4-8,12-14,26,28H,9-11H2,1H3,(H,27,29,30). The third-order valence-electron chi connectivity index (χ3n) is 5.83. The number of aryl methyl sites for hydroxylation is 1. The fourth-order valence-corrected chi connectivity index (χ4v) is 5.16. The number of aromatic amines is 2. The van der Waals surface area contributed by atoms with E-state index in [-0.39, 0.29) is 0 Å². The van der Waals surface area contributed by atoms with Gasteiger partial charge < -0.3 is 10.3 Å². The minimum Gasteiger partial charge on any atom is -0.353 e. The highest BCUT2D eigenvalue weighted by molar-refractivity contribution is 7.13. The van der Waals surface area contributed by atoms with Crippen molar-refractivity contribution in [3.05, 3.63) is 81.0 Å². The van der Waals surface area contributed by atoms with Gasteiger partial charge in [0.05, 0.1) is 17.1 Å². The molecular weight excluding hydrogens is 402 g/mol. The first-order valence-electron chi connectivity index (χ1n) is 10.4. The number of pyridine rings is 1. The lowest BCUT2D eigenvalue weighted by Crippen LogP contribution is -2.20. The quantitative estimate of drug-likeness (QED) is 0.391. The zero-order chi connectivity index (χ0) is 20.8. The number of thiophene rings is 1. The van der Waals surface area contributed by atoms with Crippen molar-refractivity contribution in [1.82, 2.24) is 25.5 Å². The van der Waals surface area contributed by atoms with Gasteiger partial charge in [-0.05, 0) is 67.4 Å². The molecule has 0 saturated carbocycles. The molecule has 0 unspecified atom stereocenters. The van der Waals surface area contributed by atoms with Crippen LogP contribution in [-0.2, 0) is 0 Å². The topological polar surface area (TPSA) is 69.4 Å². The van der Waals surface area contributed by atoms with E-state index in [1.807, 2.05) is 29.7 Å². The molecule has 0 amide bonds. The van der Waals surface area contributed by atoms with Gasteiger partial charge in [-0.15, -0.1) is 17.1 Å². The summed E-state index contributed by atoms with van der Waals surface area (Å²) in [4.78, 5) is 10.8. The van der Waals surface area contributed by atoms with Gasteiger partial charge in [0, 0.05) is 45.1 Å². The second kappa shape index (κ2) is 7.36. The van der Waals surface area contributed by atoms with E-state index in [1.54, 1.807) is 0 Å². The maximum absolute atomic E-state index is 4.61. The Balaban J connectivity index is 1.47. The van der Waals surface area contributed by atoms with Gasteiger partial charge in [-0.3, -0.25) is 5.10 Å². The fourth-order valence-electron chi connectivity index (χ4n) is 4.25. The van der Waals surface area contributed by atoms with Gasteiger partial charge in [-0.2, -0.15) is 5.10 Å². The lowest BCUT2D eigenvalue weighted by molar-refractivity contribution is 0.738. The monoisotopic (exact) mass is 423 g/mol. The molecule has 152 valence electrons. The van der Waals surface area contributed by atoms with Crippen molar-refractivity contribution < 1.29 is 0 Å². The number of nitrogens with one attached hydrogen (secondary N) is 3. The van der Waals surface area contributed by atoms with Crippen LogP contribution in [-0.4, -0.2) is 33.3 Å². The largest absolute Gasteiger partial charge is 0.353 e. The predicted octanol–water partition coefficient (Wildman–Crippen LogP) is 5.31. The number of nitrogens with zero attached hydrogens (tertiary/aromatic N) is 2. The van der Waals surface area contributed by atoms with Gasteiger partial charge in [-0.1, -0.05) is 6.08 Å². The van der Waals surface area contributed by atoms with Crippen LogP contribution in [0.5, 0.6) is 0 Å². The summed E-state index contributed by atoms with van der Waals surface area (Å²) in [5.74, 6) is 0. The summed E-state index contributed by atoms with van der Waals surface area (Å²) in [5.41, 5.74) is 11.9. The van der Waals surface area contributed by atoms with E-state index in [1.165, 1.54) is 32.0 Å². The van der Waals surface area contributed by atoms with Crippen LogP contribution < -0.4 is 5.32 Å². The molecule has 3 N–H and O–H groups in total. The van der Waals surface area contributed by atoms with Gasteiger partial charge in [0.15, 0.2) is 5.65 Å². The first-order valence-corrected chi connectivity index (χ1v) is 11.3. The third-order valence-corrected chi connectivity index (χ3v) is 6.87. The summed E-state index contributed by atoms with van der Waals surface area (Å²) in [6.07, 6.45) is 11.3. The molecule has 0 saturated heterocycles. The highest BCUT2D eigenvalue weighted by atomic mass is 32.1. The van der Waals surface area contributed by atoms with Crippen LogP contribution in [0.4, 0.5) is 0 Å². The van der Waals surface area contributed by atoms with Gasteiger partial charge >= 0.3 is 0 Å². The predicted molar refractivity (Wildman–Crippen MR) is 128 cm³/mol. The Morgan fingerprint density at radius 2 is 2.16 bits per heavy atom. The van der Waals surface area contributed by atoms with Gasteiger partial charge in [0.1, 0.15) is 0 Å². The Hall–Kier alpha value is -3.44. The van der Waals surface area contributed by atoms with Gasteiger partial charge in [0.2, 0.25) is 0 Å². The number of fused-ring (bicyclic) bond motifs is 2. The normalized spacial score (nSPS) is 15.6. The van der Waals surface area contributed by atoms with Crippen molar-refractivity contribution >= 4 is 39.6 Å². The molecule has 0 radical (unpaired) electrons. The average molecular weight is 424 g/mol. The summed E-state index contributed by atoms with van der Waals surface area (Å²) in [7, 11) is 0. The summed E-state index contributed by atoms with van der Waals surface area (Å²) in [6.45, 7) is 4.05. The first kappa shape index (κ1) is 18.3. The van der Waals surface area contributed by atoms with Crippen LogP contribution >= 0.6 is 11.3 Å². The summed E-state index contributed by atoms with van der Waals surface area (Å²) in [5, 5.41) is 12.1. The Morgan fingerprint density at radius 3 is 3.00 bits per heavy atom. The van der Waals surface area contributed by atoms with E-state index in [0.29, 0.717) is 0 Å². The van der Waals surface area contributed by atoms with Crippen molar-refractivity contribution in [1.29, 1.82) is 0 Å². The number of hydrogen-bond acceptors (Lipinski definition) is 4. The molecule has 0 bridgehead atoms. The minimum atomic E-state index is 0.734. The maximum Gasteiger partial charge on any atom is 0.181 e. The Morgan fingerprint density at radius 1 is 1.19 bits per heavy atom. The molecule has 4 aromatic heterocycles. The van der Waals surface area contributed by atoms with Crippen LogP contribution in [0.1, 0.15) is 33.0 Å². The number of aromatic nitrogens is 4. The van der Waals surface area contributed by atoms with E-state index in [9.17, 15) is 0 Å². The molecule has 1 aliphatic heterocycles. The highest BCUT2D eigenvalue weighted by Gasteiger charge is 2.19. The lowest BCUT2D eigenvalue weighted by Gasteiger charge is -2.13. The van der Waals surface area contributed by atoms with Crippen LogP contribution in [0.25, 0.3) is 39.6 Å². The Labute approximate surface area is 183 Å². The van der Waals surface area contributed by atoms with Crippen LogP contribution in [0.3, 0.4) is 0 Å². The second-order valence-electron chi connectivity index (χ2n) is 7.86. The molecule has 5 heterocycles. The second-order valence-corrected chi connectivity index (χ2v) is 9.14. The SMILES string of the molecule is Cc1ccc(C2=CC=C=Cc3[nH]c(-c4[nH]nc5ncc(C6=CCNCC6)cc45)cc32)s1. The Kier molecular flexibility index (Phi) is 4.35. The van der Waals surface area contributed by atoms with E-state index in [4.69, 9.17) is 0 Å². The average Bonchev–Trinajstić information content (AvgIpc) is 3.50. The fraction of sp³-hybridized carbons (Fsp3) is 0.160. The maximum atomic E-state index is 4.61. The van der Waals surface area contributed by atoms with Crippen LogP contribution in [0.15, 0.2) is 54.4 Å². The Bertz CT molecular complexity index is 1440. The lowest BCUT2D eigenvalue weighted by atomic mass is 10.0. The van der Waals surface area contributed by atoms with Crippen LogP contribution in [0, 0.1) is 6.92 Å². The van der Waals surface area contributed by atoms with Gasteiger partial charge in [-0.25, -0.2) is 4.98 Å². The number of allylic oxidation sites excluding steroid dienone is 2. The van der Waals surface area contributed by atoms with E-state index >= 15 is 0 Å². The molecule has 0 fully saturated rings. The molecule has 5 nitrogen and oxygen atoms in total. The van der Waals surface area contributed by atoms with Crippen molar-refractivity contribution in [2.24, 2.45) is 0 Å². The van der Waals surface area contributed by atoms with Crippen molar-refractivity contribution in [2.75, 3.05) is 13.1 Å². The number of H-pyrrole nitrogens is 2. The molecule has 0 atom stereocenters. The van der Waals surface area contributed by atoms with Gasteiger partial charge in [0.25, 0.3) is 0 Å².